The maximum atomic E-state index is 8.98. The lowest BCUT2D eigenvalue weighted by molar-refractivity contribution is -0.688. The minimum atomic E-state index is 0. The molecule has 0 radical (unpaired) electrons. The SMILES string of the molecule is Cc1cc[n+](Cc2ccccc2C#N)cc1.[Cl-]. The highest BCUT2D eigenvalue weighted by Crippen LogP contribution is 2.06. The minimum absolute atomic E-state index is 0. The highest BCUT2D eigenvalue weighted by Gasteiger charge is 2.06. The van der Waals surface area contributed by atoms with E-state index in [1.807, 2.05) is 36.7 Å². The van der Waals surface area contributed by atoms with Gasteiger partial charge in [-0.15, -0.1) is 0 Å². The number of hydrogen-bond acceptors (Lipinski definition) is 1. The first-order valence-corrected chi connectivity index (χ1v) is 5.23. The van der Waals surface area contributed by atoms with Crippen molar-refractivity contribution in [3.05, 3.63) is 65.5 Å². The van der Waals surface area contributed by atoms with E-state index in [-0.39, 0.29) is 12.4 Å². The molecule has 0 bridgehead atoms. The molecule has 3 heteroatoms. The van der Waals surface area contributed by atoms with Crippen LogP contribution in [0.2, 0.25) is 0 Å². The molecule has 0 saturated heterocycles. The van der Waals surface area contributed by atoms with Crippen molar-refractivity contribution in [1.82, 2.24) is 0 Å². The number of hydrogen-bond donors (Lipinski definition) is 0. The number of nitrogens with zero attached hydrogens (tertiary/aromatic N) is 2. The van der Waals surface area contributed by atoms with Gasteiger partial charge in [0.1, 0.15) is 0 Å². The Morgan fingerprint density at radius 2 is 1.76 bits per heavy atom. The highest BCUT2D eigenvalue weighted by molar-refractivity contribution is 5.36. The number of aryl methyl sites for hydroxylation is 1. The predicted octanol–water partition coefficient (Wildman–Crippen LogP) is -0.793. The first-order valence-electron chi connectivity index (χ1n) is 5.23. The molecule has 0 atom stereocenters. The summed E-state index contributed by atoms with van der Waals surface area (Å²) in [5.41, 5.74) is 3.04. The smallest absolute Gasteiger partial charge is 0.175 e. The van der Waals surface area contributed by atoms with Gasteiger partial charge in [-0.2, -0.15) is 5.26 Å². The first kappa shape index (κ1) is 13.2. The Morgan fingerprint density at radius 3 is 2.41 bits per heavy atom. The zero-order valence-electron chi connectivity index (χ0n) is 9.60. The Hall–Kier alpha value is -1.85. The van der Waals surface area contributed by atoms with Crippen LogP contribution in [-0.4, -0.2) is 0 Å². The van der Waals surface area contributed by atoms with Gasteiger partial charge >= 0.3 is 0 Å². The molecule has 0 unspecified atom stereocenters. The van der Waals surface area contributed by atoms with Crippen LogP contribution in [0.3, 0.4) is 0 Å². The van der Waals surface area contributed by atoms with Crippen LogP contribution in [-0.2, 0) is 6.54 Å². The third kappa shape index (κ3) is 3.30. The summed E-state index contributed by atoms with van der Waals surface area (Å²) >= 11 is 0. The van der Waals surface area contributed by atoms with E-state index in [0.717, 1.165) is 17.7 Å². The van der Waals surface area contributed by atoms with Gasteiger partial charge in [0.25, 0.3) is 0 Å². The molecule has 0 saturated carbocycles. The van der Waals surface area contributed by atoms with E-state index in [0.29, 0.717) is 0 Å². The monoisotopic (exact) mass is 244 g/mol. The lowest BCUT2D eigenvalue weighted by Crippen LogP contribution is -3.00. The van der Waals surface area contributed by atoms with Crippen molar-refractivity contribution in [1.29, 1.82) is 5.26 Å². The Kier molecular flexibility index (Phi) is 4.68. The van der Waals surface area contributed by atoms with Crippen molar-refractivity contribution in [2.75, 3.05) is 0 Å². The molecule has 0 aliphatic heterocycles. The molecule has 1 aromatic heterocycles. The maximum absolute atomic E-state index is 8.98. The fourth-order valence-electron chi connectivity index (χ4n) is 1.60. The van der Waals surface area contributed by atoms with E-state index >= 15 is 0 Å². The van der Waals surface area contributed by atoms with Gasteiger partial charge in [-0.3, -0.25) is 0 Å². The van der Waals surface area contributed by atoms with E-state index in [9.17, 15) is 0 Å². The third-order valence-electron chi connectivity index (χ3n) is 2.55. The minimum Gasteiger partial charge on any atom is -1.00 e. The molecule has 2 rings (SSSR count). The number of aromatic nitrogens is 1. The topological polar surface area (TPSA) is 27.7 Å². The molecule has 1 aromatic carbocycles. The Balaban J connectivity index is 0.00000144. The zero-order chi connectivity index (χ0) is 11.4. The largest absolute Gasteiger partial charge is 1.00 e. The molecule has 0 amide bonds. The molecule has 1 heterocycles. The lowest BCUT2D eigenvalue weighted by Gasteiger charge is -2.00. The van der Waals surface area contributed by atoms with Crippen LogP contribution in [0.25, 0.3) is 0 Å². The van der Waals surface area contributed by atoms with Gasteiger partial charge in [0.2, 0.25) is 0 Å². The molecule has 0 N–H and O–H groups in total. The van der Waals surface area contributed by atoms with Gasteiger partial charge in [0, 0.05) is 17.7 Å². The van der Waals surface area contributed by atoms with Crippen molar-refractivity contribution >= 4 is 0 Å². The quantitative estimate of drug-likeness (QED) is 0.636. The normalized spacial score (nSPS) is 9.18. The molecular formula is C14H13ClN2. The summed E-state index contributed by atoms with van der Waals surface area (Å²) in [7, 11) is 0. The molecule has 0 fully saturated rings. The average Bonchev–Trinajstić information content (AvgIpc) is 2.33. The molecule has 86 valence electrons. The van der Waals surface area contributed by atoms with Gasteiger partial charge < -0.3 is 12.4 Å². The van der Waals surface area contributed by atoms with E-state index in [2.05, 4.69) is 29.7 Å². The number of rotatable bonds is 2. The van der Waals surface area contributed by atoms with E-state index in [1.165, 1.54) is 5.56 Å². The molecule has 2 aromatic rings. The van der Waals surface area contributed by atoms with Gasteiger partial charge in [0.05, 0.1) is 11.6 Å². The summed E-state index contributed by atoms with van der Waals surface area (Å²) < 4.78 is 2.07. The van der Waals surface area contributed by atoms with Crippen LogP contribution in [0.1, 0.15) is 16.7 Å². The zero-order valence-corrected chi connectivity index (χ0v) is 10.4. The van der Waals surface area contributed by atoms with Crippen LogP contribution < -0.4 is 17.0 Å². The van der Waals surface area contributed by atoms with Crippen molar-refractivity contribution in [2.24, 2.45) is 0 Å². The summed E-state index contributed by atoms with van der Waals surface area (Å²) in [6.07, 6.45) is 4.06. The molecule has 0 aliphatic carbocycles. The molecule has 0 spiro atoms. The van der Waals surface area contributed by atoms with Gasteiger partial charge in [-0.1, -0.05) is 18.2 Å². The van der Waals surface area contributed by atoms with Gasteiger partial charge in [-0.25, -0.2) is 4.57 Å². The summed E-state index contributed by atoms with van der Waals surface area (Å²) in [5.74, 6) is 0. The van der Waals surface area contributed by atoms with Crippen LogP contribution in [0, 0.1) is 18.3 Å². The summed E-state index contributed by atoms with van der Waals surface area (Å²) in [6, 6.07) is 14.0. The van der Waals surface area contributed by atoms with Crippen LogP contribution in [0.5, 0.6) is 0 Å². The lowest BCUT2D eigenvalue weighted by atomic mass is 10.1. The van der Waals surface area contributed by atoms with Gasteiger partial charge in [-0.05, 0) is 18.6 Å². The van der Waals surface area contributed by atoms with Crippen LogP contribution >= 0.6 is 0 Å². The van der Waals surface area contributed by atoms with Crippen molar-refractivity contribution in [2.45, 2.75) is 13.5 Å². The summed E-state index contributed by atoms with van der Waals surface area (Å²) in [5, 5.41) is 8.98. The number of halogens is 1. The van der Waals surface area contributed by atoms with Gasteiger partial charge in [0.15, 0.2) is 18.9 Å². The molecule has 0 aliphatic rings. The fourth-order valence-corrected chi connectivity index (χ4v) is 1.60. The third-order valence-corrected chi connectivity index (χ3v) is 2.55. The van der Waals surface area contributed by atoms with Crippen LogP contribution in [0.4, 0.5) is 0 Å². The highest BCUT2D eigenvalue weighted by atomic mass is 35.5. The van der Waals surface area contributed by atoms with Crippen molar-refractivity contribution in [3.8, 4) is 6.07 Å². The Labute approximate surface area is 108 Å². The Bertz CT molecular complexity index is 527. The molecule has 17 heavy (non-hydrogen) atoms. The number of benzene rings is 1. The molecular weight excluding hydrogens is 232 g/mol. The summed E-state index contributed by atoms with van der Waals surface area (Å²) in [6.45, 7) is 2.80. The standard InChI is InChI=1S/C14H13N2.ClH/c1-12-6-8-16(9-7-12)11-14-5-3-2-4-13(14)10-15;/h2-9H,11H2,1H3;1H/q+1;/p-1. The summed E-state index contributed by atoms with van der Waals surface area (Å²) in [4.78, 5) is 0. The second-order valence-electron chi connectivity index (χ2n) is 3.82. The molecule has 2 nitrogen and oxygen atoms in total. The van der Waals surface area contributed by atoms with Crippen molar-refractivity contribution in [3.63, 3.8) is 0 Å². The second kappa shape index (κ2) is 6.03. The Morgan fingerprint density at radius 1 is 1.12 bits per heavy atom. The fraction of sp³-hybridized carbons (Fsp3) is 0.143. The van der Waals surface area contributed by atoms with Crippen molar-refractivity contribution < 1.29 is 17.0 Å². The van der Waals surface area contributed by atoms with Crippen LogP contribution in [0.15, 0.2) is 48.8 Å². The van der Waals surface area contributed by atoms with E-state index in [1.54, 1.807) is 0 Å². The second-order valence-corrected chi connectivity index (χ2v) is 3.82. The number of pyridine rings is 1. The van der Waals surface area contributed by atoms with E-state index < -0.39 is 0 Å². The predicted molar refractivity (Wildman–Crippen MR) is 61.6 cm³/mol. The maximum Gasteiger partial charge on any atom is 0.175 e. The average molecular weight is 245 g/mol. The first-order chi connectivity index (χ1) is 7.79. The van der Waals surface area contributed by atoms with E-state index in [4.69, 9.17) is 5.26 Å². The number of nitriles is 1.